The molecule has 0 radical (unpaired) electrons. The fourth-order valence-corrected chi connectivity index (χ4v) is 4.17. The van der Waals surface area contributed by atoms with Gasteiger partial charge in [0.2, 0.25) is 5.13 Å². The lowest BCUT2D eigenvalue weighted by molar-refractivity contribution is 0.183. The maximum atomic E-state index is 13.6. The number of ether oxygens (including phenoxy) is 1. The average Bonchev–Trinajstić information content (AvgIpc) is 3.18. The largest absolute Gasteiger partial charge is 0.493 e. The quantitative estimate of drug-likeness (QED) is 0.871. The van der Waals surface area contributed by atoms with Crippen LogP contribution < -0.4 is 15.0 Å². The SMILES string of the molecule is CCc1nsc(N2CCN(C(=O)NC3CCOc4ccc(F)cc43)CC2)n1. The molecule has 1 aromatic carbocycles. The Kier molecular flexibility index (Phi) is 5.11. The lowest BCUT2D eigenvalue weighted by Crippen LogP contribution is -2.52. The van der Waals surface area contributed by atoms with Gasteiger partial charge in [-0.05, 0) is 18.2 Å². The van der Waals surface area contributed by atoms with Crippen LogP contribution in [0.5, 0.6) is 5.75 Å². The van der Waals surface area contributed by atoms with E-state index < -0.39 is 0 Å². The summed E-state index contributed by atoms with van der Waals surface area (Å²) in [5.41, 5.74) is 0.703. The molecule has 2 aliphatic rings. The third-order valence-corrected chi connectivity index (χ3v) is 5.73. The van der Waals surface area contributed by atoms with Crippen molar-refractivity contribution in [2.24, 2.45) is 0 Å². The van der Waals surface area contributed by atoms with E-state index in [2.05, 4.69) is 19.6 Å². The van der Waals surface area contributed by atoms with Gasteiger partial charge in [0.1, 0.15) is 17.4 Å². The third-order valence-electron chi connectivity index (χ3n) is 4.92. The number of urea groups is 1. The Morgan fingerprint density at radius 3 is 2.93 bits per heavy atom. The maximum absolute atomic E-state index is 13.6. The van der Waals surface area contributed by atoms with Crippen molar-refractivity contribution in [3.05, 3.63) is 35.4 Å². The van der Waals surface area contributed by atoms with E-state index in [1.165, 1.54) is 23.7 Å². The molecule has 0 saturated carbocycles. The average molecular weight is 391 g/mol. The zero-order chi connectivity index (χ0) is 18.8. The number of carbonyl (C=O) groups excluding carboxylic acids is 1. The molecule has 1 atom stereocenters. The highest BCUT2D eigenvalue weighted by molar-refractivity contribution is 7.09. The summed E-state index contributed by atoms with van der Waals surface area (Å²) in [5.74, 6) is 1.18. The number of rotatable bonds is 3. The Bertz CT molecular complexity index is 822. The van der Waals surface area contributed by atoms with Crippen molar-refractivity contribution in [3.63, 3.8) is 0 Å². The second kappa shape index (κ2) is 7.67. The second-order valence-electron chi connectivity index (χ2n) is 6.64. The van der Waals surface area contributed by atoms with Gasteiger partial charge in [0.05, 0.1) is 12.6 Å². The minimum Gasteiger partial charge on any atom is -0.493 e. The number of nitrogens with one attached hydrogen (secondary N) is 1. The first-order valence-electron chi connectivity index (χ1n) is 9.19. The molecule has 2 aliphatic heterocycles. The number of aryl methyl sites for hydroxylation is 1. The summed E-state index contributed by atoms with van der Waals surface area (Å²) in [4.78, 5) is 21.2. The number of hydrogen-bond donors (Lipinski definition) is 1. The zero-order valence-electron chi connectivity index (χ0n) is 15.2. The van der Waals surface area contributed by atoms with E-state index in [9.17, 15) is 9.18 Å². The molecule has 1 unspecified atom stereocenters. The van der Waals surface area contributed by atoms with Crippen LogP contribution in [0.2, 0.25) is 0 Å². The molecule has 1 saturated heterocycles. The Morgan fingerprint density at radius 1 is 1.37 bits per heavy atom. The van der Waals surface area contributed by atoms with E-state index in [1.807, 2.05) is 6.92 Å². The van der Waals surface area contributed by atoms with E-state index >= 15 is 0 Å². The van der Waals surface area contributed by atoms with Crippen molar-refractivity contribution < 1.29 is 13.9 Å². The van der Waals surface area contributed by atoms with Crippen LogP contribution in [0.3, 0.4) is 0 Å². The minimum absolute atomic E-state index is 0.122. The first-order chi connectivity index (χ1) is 13.1. The topological polar surface area (TPSA) is 70.6 Å². The van der Waals surface area contributed by atoms with E-state index in [0.717, 1.165) is 30.5 Å². The van der Waals surface area contributed by atoms with E-state index in [1.54, 1.807) is 11.0 Å². The van der Waals surface area contributed by atoms with Crippen molar-refractivity contribution >= 4 is 22.7 Å². The van der Waals surface area contributed by atoms with Crippen LogP contribution in [-0.2, 0) is 6.42 Å². The van der Waals surface area contributed by atoms with Crippen molar-refractivity contribution in [1.82, 2.24) is 19.6 Å². The first-order valence-corrected chi connectivity index (χ1v) is 9.96. The molecule has 2 amide bonds. The molecule has 144 valence electrons. The van der Waals surface area contributed by atoms with Crippen molar-refractivity contribution in [3.8, 4) is 5.75 Å². The van der Waals surface area contributed by atoms with Crippen LogP contribution in [0.25, 0.3) is 0 Å². The Hall–Kier alpha value is -2.42. The Balaban J connectivity index is 1.36. The van der Waals surface area contributed by atoms with Crippen LogP contribution >= 0.6 is 11.5 Å². The highest BCUT2D eigenvalue weighted by Crippen LogP contribution is 2.32. The number of benzene rings is 1. The number of aromatic nitrogens is 2. The second-order valence-corrected chi connectivity index (χ2v) is 7.37. The predicted octanol–water partition coefficient (Wildman–Crippen LogP) is 2.60. The number of piperazine rings is 1. The summed E-state index contributed by atoms with van der Waals surface area (Å²) in [6, 6.07) is 4.08. The van der Waals surface area contributed by atoms with Crippen molar-refractivity contribution in [2.75, 3.05) is 37.7 Å². The first kappa shape index (κ1) is 18.0. The summed E-state index contributed by atoms with van der Waals surface area (Å²) in [5, 5.41) is 3.95. The standard InChI is InChI=1S/C18H22FN5O2S/c1-2-16-21-18(27-22-16)24-8-6-23(7-9-24)17(25)20-14-5-10-26-15-4-3-12(19)11-13(14)15/h3-4,11,14H,2,5-10H2,1H3,(H,20,25). The number of fused-ring (bicyclic) bond motifs is 1. The number of hydrogen-bond acceptors (Lipinski definition) is 6. The van der Waals surface area contributed by atoms with Crippen LogP contribution in [0.1, 0.15) is 30.8 Å². The summed E-state index contributed by atoms with van der Waals surface area (Å²) in [6.07, 6.45) is 1.46. The molecule has 7 nitrogen and oxygen atoms in total. The van der Waals surface area contributed by atoms with Gasteiger partial charge in [-0.15, -0.1) is 0 Å². The van der Waals surface area contributed by atoms with Gasteiger partial charge in [0.15, 0.2) is 0 Å². The number of carbonyl (C=O) groups is 1. The maximum Gasteiger partial charge on any atom is 0.318 e. The molecule has 1 fully saturated rings. The fourth-order valence-electron chi connectivity index (χ4n) is 3.37. The van der Waals surface area contributed by atoms with Crippen LogP contribution in [0, 0.1) is 5.82 Å². The summed E-state index contributed by atoms with van der Waals surface area (Å²) < 4.78 is 23.5. The number of halogens is 1. The molecule has 27 heavy (non-hydrogen) atoms. The van der Waals surface area contributed by atoms with Gasteiger partial charge in [0, 0.05) is 56.1 Å². The lowest BCUT2D eigenvalue weighted by Gasteiger charge is -2.36. The molecule has 3 heterocycles. The monoisotopic (exact) mass is 391 g/mol. The molecule has 0 spiro atoms. The molecule has 4 rings (SSSR count). The van der Waals surface area contributed by atoms with Gasteiger partial charge in [-0.1, -0.05) is 6.92 Å². The lowest BCUT2D eigenvalue weighted by atomic mass is 10.0. The number of anilines is 1. The van der Waals surface area contributed by atoms with Gasteiger partial charge < -0.3 is 19.9 Å². The predicted molar refractivity (Wildman–Crippen MR) is 101 cm³/mol. The molecule has 2 aromatic rings. The van der Waals surface area contributed by atoms with Crippen LogP contribution in [0.4, 0.5) is 14.3 Å². The van der Waals surface area contributed by atoms with Gasteiger partial charge >= 0.3 is 6.03 Å². The smallest absolute Gasteiger partial charge is 0.318 e. The summed E-state index contributed by atoms with van der Waals surface area (Å²) in [6.45, 7) is 5.23. The van der Waals surface area contributed by atoms with Gasteiger partial charge in [-0.2, -0.15) is 4.37 Å². The molecule has 9 heteroatoms. The van der Waals surface area contributed by atoms with Gasteiger partial charge in [-0.3, -0.25) is 0 Å². The van der Waals surface area contributed by atoms with Gasteiger partial charge in [-0.25, -0.2) is 14.2 Å². The van der Waals surface area contributed by atoms with Crippen molar-refractivity contribution in [2.45, 2.75) is 25.8 Å². The highest BCUT2D eigenvalue weighted by atomic mass is 32.1. The molecular weight excluding hydrogens is 369 g/mol. The zero-order valence-corrected chi connectivity index (χ0v) is 16.0. The van der Waals surface area contributed by atoms with Gasteiger partial charge in [0.25, 0.3) is 0 Å². The fraction of sp³-hybridized carbons (Fsp3) is 0.500. The summed E-state index contributed by atoms with van der Waals surface area (Å²) >= 11 is 1.41. The number of amides is 2. The summed E-state index contributed by atoms with van der Waals surface area (Å²) in [7, 11) is 0. The molecule has 0 aliphatic carbocycles. The van der Waals surface area contributed by atoms with E-state index in [-0.39, 0.29) is 17.9 Å². The Morgan fingerprint density at radius 2 is 2.19 bits per heavy atom. The van der Waals surface area contributed by atoms with E-state index in [0.29, 0.717) is 37.4 Å². The minimum atomic E-state index is -0.324. The van der Waals surface area contributed by atoms with Crippen LogP contribution in [-0.4, -0.2) is 53.1 Å². The number of nitrogens with zero attached hydrogens (tertiary/aromatic N) is 4. The molecule has 1 aromatic heterocycles. The van der Waals surface area contributed by atoms with E-state index in [4.69, 9.17) is 4.74 Å². The molecule has 0 bridgehead atoms. The van der Waals surface area contributed by atoms with Crippen molar-refractivity contribution in [1.29, 1.82) is 0 Å². The normalized spacial score (nSPS) is 19.4. The Labute approximate surface area is 161 Å². The molecule has 1 N–H and O–H groups in total. The third kappa shape index (κ3) is 3.83. The van der Waals surface area contributed by atoms with Crippen LogP contribution in [0.15, 0.2) is 18.2 Å². The highest BCUT2D eigenvalue weighted by Gasteiger charge is 2.28. The molecular formula is C18H22FN5O2S.